The van der Waals surface area contributed by atoms with E-state index in [1.54, 1.807) is 7.11 Å². The molecule has 1 aromatic carbocycles. The number of nitrogens with one attached hydrogen (secondary N) is 1. The molecular formula is C12H15N3O2. The topological polar surface area (TPSA) is 81.0 Å². The third-order valence-electron chi connectivity index (χ3n) is 2.69. The predicted octanol–water partition coefficient (Wildman–Crippen LogP) is 1.38. The van der Waals surface area contributed by atoms with Crippen LogP contribution in [0.4, 0.5) is 0 Å². The number of nitrogens with zero attached hydrogens (tertiary/aromatic N) is 1. The van der Waals surface area contributed by atoms with Gasteiger partial charge in [-0.25, -0.2) is 0 Å². The molecular weight excluding hydrogens is 218 g/mol. The maximum atomic E-state index is 10.7. The molecule has 2 rings (SSSR count). The van der Waals surface area contributed by atoms with Crippen LogP contribution in [0.3, 0.4) is 0 Å². The van der Waals surface area contributed by atoms with Crippen LogP contribution in [0.2, 0.25) is 0 Å². The molecule has 0 aliphatic heterocycles. The van der Waals surface area contributed by atoms with Gasteiger partial charge in [0.1, 0.15) is 5.75 Å². The van der Waals surface area contributed by atoms with Crippen molar-refractivity contribution in [2.24, 2.45) is 5.73 Å². The van der Waals surface area contributed by atoms with Crippen LogP contribution < -0.4 is 10.5 Å². The molecule has 5 nitrogen and oxygen atoms in total. The average Bonchev–Trinajstić information content (AvgIpc) is 2.71. The number of methoxy groups -OCH3 is 1. The van der Waals surface area contributed by atoms with Gasteiger partial charge in [-0.3, -0.25) is 9.89 Å². The monoisotopic (exact) mass is 233 g/mol. The maximum Gasteiger partial charge on any atom is 0.217 e. The third-order valence-corrected chi connectivity index (χ3v) is 2.69. The van der Waals surface area contributed by atoms with Gasteiger partial charge in [-0.15, -0.1) is 0 Å². The van der Waals surface area contributed by atoms with Gasteiger partial charge in [0, 0.05) is 17.5 Å². The zero-order valence-corrected chi connectivity index (χ0v) is 9.69. The van der Waals surface area contributed by atoms with E-state index in [4.69, 9.17) is 10.5 Å². The predicted molar refractivity (Wildman–Crippen MR) is 64.8 cm³/mol. The lowest BCUT2D eigenvalue weighted by atomic mass is 10.1. The Kier molecular flexibility index (Phi) is 3.27. The number of primary amides is 1. The summed E-state index contributed by atoms with van der Waals surface area (Å²) in [7, 11) is 1.63. The molecule has 17 heavy (non-hydrogen) atoms. The van der Waals surface area contributed by atoms with E-state index in [1.165, 1.54) is 0 Å². The number of ether oxygens (including phenoxy) is 1. The van der Waals surface area contributed by atoms with Crippen molar-refractivity contribution in [3.63, 3.8) is 0 Å². The summed E-state index contributed by atoms with van der Waals surface area (Å²) in [4.78, 5) is 10.7. The normalized spacial score (nSPS) is 10.6. The van der Waals surface area contributed by atoms with E-state index in [-0.39, 0.29) is 5.91 Å². The molecule has 0 spiro atoms. The van der Waals surface area contributed by atoms with Crippen LogP contribution in [-0.2, 0) is 11.2 Å². The molecule has 0 atom stereocenters. The molecule has 0 aliphatic carbocycles. The van der Waals surface area contributed by atoms with Crippen LogP contribution in [0.5, 0.6) is 5.75 Å². The van der Waals surface area contributed by atoms with Crippen LogP contribution in [0, 0.1) is 0 Å². The van der Waals surface area contributed by atoms with Gasteiger partial charge < -0.3 is 10.5 Å². The van der Waals surface area contributed by atoms with E-state index >= 15 is 0 Å². The summed E-state index contributed by atoms with van der Waals surface area (Å²) in [5.41, 5.74) is 7.02. The van der Waals surface area contributed by atoms with Gasteiger partial charge in [-0.05, 0) is 31.0 Å². The summed E-state index contributed by atoms with van der Waals surface area (Å²) in [6.45, 7) is 0. The highest BCUT2D eigenvalue weighted by molar-refractivity contribution is 5.83. The van der Waals surface area contributed by atoms with E-state index in [0.717, 1.165) is 35.2 Å². The Morgan fingerprint density at radius 2 is 2.35 bits per heavy atom. The molecule has 0 saturated heterocycles. The molecule has 90 valence electrons. The Morgan fingerprint density at radius 3 is 3.06 bits per heavy atom. The first-order valence-electron chi connectivity index (χ1n) is 5.50. The quantitative estimate of drug-likeness (QED) is 0.818. The Bertz CT molecular complexity index is 534. The molecule has 0 saturated carbocycles. The fourth-order valence-electron chi connectivity index (χ4n) is 1.80. The molecule has 2 aromatic rings. The molecule has 5 heteroatoms. The van der Waals surface area contributed by atoms with Gasteiger partial charge in [0.15, 0.2) is 0 Å². The lowest BCUT2D eigenvalue weighted by Gasteiger charge is -2.00. The van der Waals surface area contributed by atoms with Crippen LogP contribution >= 0.6 is 0 Å². The number of fused-ring (bicyclic) bond motifs is 1. The number of hydrogen-bond acceptors (Lipinski definition) is 3. The van der Waals surface area contributed by atoms with Crippen LogP contribution in [0.25, 0.3) is 10.9 Å². The van der Waals surface area contributed by atoms with Crippen LogP contribution in [-0.4, -0.2) is 23.2 Å². The minimum absolute atomic E-state index is 0.272. The number of amides is 1. The van der Waals surface area contributed by atoms with Gasteiger partial charge in [0.05, 0.1) is 12.6 Å². The zero-order chi connectivity index (χ0) is 12.3. The van der Waals surface area contributed by atoms with E-state index in [9.17, 15) is 4.79 Å². The Morgan fingerprint density at radius 1 is 1.53 bits per heavy atom. The number of carbonyl (C=O) groups is 1. The van der Waals surface area contributed by atoms with Crippen molar-refractivity contribution in [2.75, 3.05) is 7.11 Å². The molecule has 1 heterocycles. The second kappa shape index (κ2) is 4.86. The van der Waals surface area contributed by atoms with Gasteiger partial charge in [-0.2, -0.15) is 5.10 Å². The molecule has 0 aliphatic rings. The molecule has 0 bridgehead atoms. The Hall–Kier alpha value is -2.04. The Balaban J connectivity index is 2.19. The Labute approximate surface area is 98.9 Å². The summed E-state index contributed by atoms with van der Waals surface area (Å²) in [6, 6.07) is 5.72. The van der Waals surface area contributed by atoms with Crippen LogP contribution in [0.15, 0.2) is 18.2 Å². The van der Waals surface area contributed by atoms with Crippen molar-refractivity contribution in [2.45, 2.75) is 19.3 Å². The number of hydrogen-bond donors (Lipinski definition) is 2. The molecule has 0 unspecified atom stereocenters. The summed E-state index contributed by atoms with van der Waals surface area (Å²) in [5, 5.41) is 8.21. The van der Waals surface area contributed by atoms with E-state index in [2.05, 4.69) is 10.2 Å². The summed E-state index contributed by atoms with van der Waals surface area (Å²) < 4.78 is 5.17. The molecule has 0 radical (unpaired) electrons. The van der Waals surface area contributed by atoms with E-state index in [1.807, 2.05) is 18.2 Å². The SMILES string of the molecule is COc1ccc2n[nH]c(CCCC(N)=O)c2c1. The molecule has 1 amide bonds. The largest absolute Gasteiger partial charge is 0.497 e. The number of H-pyrrole nitrogens is 1. The molecule has 0 fully saturated rings. The minimum Gasteiger partial charge on any atom is -0.497 e. The first kappa shape index (κ1) is 11.4. The number of nitrogens with two attached hydrogens (primary N) is 1. The van der Waals surface area contributed by atoms with Gasteiger partial charge >= 0.3 is 0 Å². The fraction of sp³-hybridized carbons (Fsp3) is 0.333. The number of aromatic amines is 1. The number of aryl methyl sites for hydroxylation is 1. The second-order valence-electron chi connectivity index (χ2n) is 3.91. The summed E-state index contributed by atoms with van der Waals surface area (Å²) in [6.07, 6.45) is 1.88. The van der Waals surface area contributed by atoms with Crippen molar-refractivity contribution in [1.82, 2.24) is 10.2 Å². The lowest BCUT2D eigenvalue weighted by Crippen LogP contribution is -2.10. The average molecular weight is 233 g/mol. The van der Waals surface area contributed by atoms with Crippen molar-refractivity contribution in [3.05, 3.63) is 23.9 Å². The van der Waals surface area contributed by atoms with Crippen LogP contribution in [0.1, 0.15) is 18.5 Å². The fourth-order valence-corrected chi connectivity index (χ4v) is 1.80. The highest BCUT2D eigenvalue weighted by Crippen LogP contribution is 2.22. The highest BCUT2D eigenvalue weighted by atomic mass is 16.5. The van der Waals surface area contributed by atoms with Crippen molar-refractivity contribution < 1.29 is 9.53 Å². The summed E-state index contributed by atoms with van der Waals surface area (Å²) >= 11 is 0. The zero-order valence-electron chi connectivity index (χ0n) is 9.69. The number of benzene rings is 1. The summed E-state index contributed by atoms with van der Waals surface area (Å²) in [5.74, 6) is 0.529. The minimum atomic E-state index is -0.272. The second-order valence-corrected chi connectivity index (χ2v) is 3.91. The highest BCUT2D eigenvalue weighted by Gasteiger charge is 2.06. The van der Waals surface area contributed by atoms with Crippen molar-refractivity contribution >= 4 is 16.8 Å². The number of aromatic nitrogens is 2. The van der Waals surface area contributed by atoms with Gasteiger partial charge in [-0.1, -0.05) is 0 Å². The molecule has 3 N–H and O–H groups in total. The number of rotatable bonds is 5. The first-order chi connectivity index (χ1) is 8.20. The first-order valence-corrected chi connectivity index (χ1v) is 5.50. The molecule has 1 aromatic heterocycles. The maximum absolute atomic E-state index is 10.7. The smallest absolute Gasteiger partial charge is 0.217 e. The standard InChI is InChI=1S/C12H15N3O2/c1-17-8-5-6-11-9(7-8)10(14-15-11)3-2-4-12(13)16/h5-7H,2-4H2,1H3,(H2,13,16)(H,14,15). The van der Waals surface area contributed by atoms with E-state index in [0.29, 0.717) is 6.42 Å². The van der Waals surface area contributed by atoms with Crippen molar-refractivity contribution in [1.29, 1.82) is 0 Å². The van der Waals surface area contributed by atoms with Crippen molar-refractivity contribution in [3.8, 4) is 5.75 Å². The lowest BCUT2D eigenvalue weighted by molar-refractivity contribution is -0.118. The third kappa shape index (κ3) is 2.55. The number of carbonyl (C=O) groups excluding carboxylic acids is 1. The van der Waals surface area contributed by atoms with E-state index < -0.39 is 0 Å². The van der Waals surface area contributed by atoms with Gasteiger partial charge in [0.25, 0.3) is 0 Å². The van der Waals surface area contributed by atoms with Gasteiger partial charge in [0.2, 0.25) is 5.91 Å².